The molecule has 7 heteroatoms. The predicted molar refractivity (Wildman–Crippen MR) is 65.9 cm³/mol. The first-order chi connectivity index (χ1) is 8.20. The van der Waals surface area contributed by atoms with Crippen LogP contribution >= 0.6 is 31.9 Å². The summed E-state index contributed by atoms with van der Waals surface area (Å²) in [6, 6.07) is 0. The molecule has 1 aromatic carbocycles. The van der Waals surface area contributed by atoms with Crippen molar-refractivity contribution >= 4 is 38.1 Å². The van der Waals surface area contributed by atoms with Gasteiger partial charge in [0.25, 0.3) is 0 Å². The Balaban J connectivity index is 2.56. The molecule has 0 bridgehead atoms. The number of hydrogen-bond donors (Lipinski definition) is 0. The van der Waals surface area contributed by atoms with Gasteiger partial charge in [-0.15, -0.1) is 0 Å². The monoisotopic (exact) mass is 366 g/mol. The molecule has 92 valence electrons. The van der Waals surface area contributed by atoms with Gasteiger partial charge in [0.2, 0.25) is 6.79 Å². The van der Waals surface area contributed by atoms with Crippen LogP contribution in [0.4, 0.5) is 0 Å². The average molecular weight is 368 g/mol. The number of rotatable bonds is 4. The fraction of sp³-hybridized carbons (Fsp3) is 0.300. The molecule has 0 spiro atoms. The van der Waals surface area contributed by atoms with Crippen molar-refractivity contribution in [2.24, 2.45) is 0 Å². The van der Waals surface area contributed by atoms with Gasteiger partial charge in [-0.1, -0.05) is 0 Å². The van der Waals surface area contributed by atoms with Crippen LogP contribution in [0, 0.1) is 0 Å². The Morgan fingerprint density at radius 1 is 1.29 bits per heavy atom. The van der Waals surface area contributed by atoms with Gasteiger partial charge in [0.1, 0.15) is 4.47 Å². The SMILES string of the molecule is COCOc1c(Br)c2c(c(Br)c1C=O)OCO2. The van der Waals surface area contributed by atoms with Crippen LogP contribution in [0.15, 0.2) is 8.95 Å². The van der Waals surface area contributed by atoms with Gasteiger partial charge in [0.15, 0.2) is 30.3 Å². The molecule has 0 radical (unpaired) electrons. The molecule has 0 amide bonds. The molecule has 0 unspecified atom stereocenters. The summed E-state index contributed by atoms with van der Waals surface area (Å²) in [7, 11) is 1.50. The molecule has 1 heterocycles. The van der Waals surface area contributed by atoms with Crippen LogP contribution in [0.2, 0.25) is 0 Å². The van der Waals surface area contributed by atoms with Crippen LogP contribution in [0.1, 0.15) is 10.4 Å². The van der Waals surface area contributed by atoms with Crippen molar-refractivity contribution < 1.29 is 23.7 Å². The topological polar surface area (TPSA) is 54.0 Å². The Hall–Kier alpha value is -0.790. The van der Waals surface area contributed by atoms with E-state index in [1.165, 1.54) is 7.11 Å². The van der Waals surface area contributed by atoms with Crippen LogP contribution < -0.4 is 14.2 Å². The van der Waals surface area contributed by atoms with Crippen molar-refractivity contribution in [1.29, 1.82) is 0 Å². The first-order valence-corrected chi connectivity index (χ1v) is 6.16. The molecule has 2 rings (SSSR count). The molecular weight excluding hydrogens is 360 g/mol. The van der Waals surface area contributed by atoms with E-state index >= 15 is 0 Å². The molecule has 5 nitrogen and oxygen atoms in total. The lowest BCUT2D eigenvalue weighted by molar-refractivity contribution is 0.0498. The molecule has 1 aliphatic heterocycles. The van der Waals surface area contributed by atoms with E-state index in [4.69, 9.17) is 18.9 Å². The third-order valence-corrected chi connectivity index (χ3v) is 3.64. The van der Waals surface area contributed by atoms with Gasteiger partial charge in [-0.2, -0.15) is 0 Å². The summed E-state index contributed by atoms with van der Waals surface area (Å²) < 4.78 is 21.8. The van der Waals surface area contributed by atoms with Gasteiger partial charge < -0.3 is 18.9 Å². The number of carbonyl (C=O) groups excluding carboxylic acids is 1. The number of hydrogen-bond acceptors (Lipinski definition) is 5. The molecule has 0 saturated carbocycles. The molecule has 0 aromatic heterocycles. The van der Waals surface area contributed by atoms with Gasteiger partial charge in [-0.05, 0) is 31.9 Å². The molecule has 1 aliphatic rings. The van der Waals surface area contributed by atoms with Crippen molar-refractivity contribution in [3.8, 4) is 17.2 Å². The third kappa shape index (κ3) is 2.14. The Kier molecular flexibility index (Phi) is 3.90. The van der Waals surface area contributed by atoms with E-state index < -0.39 is 0 Å². The quantitative estimate of drug-likeness (QED) is 0.605. The maximum atomic E-state index is 11.1. The summed E-state index contributed by atoms with van der Waals surface area (Å²) in [4.78, 5) is 11.1. The lowest BCUT2D eigenvalue weighted by atomic mass is 10.2. The second-order valence-electron chi connectivity index (χ2n) is 3.10. The van der Waals surface area contributed by atoms with Crippen molar-refractivity contribution in [3.63, 3.8) is 0 Å². The number of methoxy groups -OCH3 is 1. The van der Waals surface area contributed by atoms with E-state index in [0.717, 1.165) is 0 Å². The fourth-order valence-electron chi connectivity index (χ4n) is 1.41. The van der Waals surface area contributed by atoms with Crippen LogP contribution in [-0.4, -0.2) is 27.0 Å². The molecule has 0 N–H and O–H groups in total. The van der Waals surface area contributed by atoms with Crippen molar-refractivity contribution in [2.75, 3.05) is 20.7 Å². The van der Waals surface area contributed by atoms with E-state index in [-0.39, 0.29) is 13.6 Å². The minimum Gasteiger partial charge on any atom is -0.465 e. The zero-order valence-corrected chi connectivity index (χ0v) is 12.0. The maximum absolute atomic E-state index is 11.1. The molecular formula is C10H8Br2O5. The first kappa shape index (κ1) is 12.7. The summed E-state index contributed by atoms with van der Waals surface area (Å²) in [5.41, 5.74) is 0.346. The Labute approximate surface area is 114 Å². The molecule has 1 aromatic rings. The smallest absolute Gasteiger partial charge is 0.231 e. The maximum Gasteiger partial charge on any atom is 0.231 e. The zero-order valence-electron chi connectivity index (χ0n) is 8.79. The van der Waals surface area contributed by atoms with E-state index in [1.54, 1.807) is 0 Å². The number of halogens is 2. The van der Waals surface area contributed by atoms with Gasteiger partial charge in [-0.3, -0.25) is 4.79 Å². The highest BCUT2D eigenvalue weighted by Crippen LogP contribution is 2.51. The Morgan fingerprint density at radius 3 is 2.53 bits per heavy atom. The van der Waals surface area contributed by atoms with Crippen molar-refractivity contribution in [1.82, 2.24) is 0 Å². The van der Waals surface area contributed by atoms with E-state index in [0.29, 0.717) is 38.0 Å². The molecule has 0 saturated heterocycles. The van der Waals surface area contributed by atoms with Crippen LogP contribution in [0.3, 0.4) is 0 Å². The second kappa shape index (κ2) is 5.24. The highest BCUT2D eigenvalue weighted by Gasteiger charge is 2.28. The minimum atomic E-state index is 0.0333. The molecule has 0 atom stereocenters. The number of fused-ring (bicyclic) bond motifs is 1. The summed E-state index contributed by atoms with van der Waals surface area (Å²) >= 11 is 6.61. The zero-order chi connectivity index (χ0) is 12.4. The Morgan fingerprint density at radius 2 is 1.94 bits per heavy atom. The van der Waals surface area contributed by atoms with Gasteiger partial charge >= 0.3 is 0 Å². The largest absolute Gasteiger partial charge is 0.465 e. The molecule has 0 aliphatic carbocycles. The van der Waals surface area contributed by atoms with Gasteiger partial charge in [0, 0.05) is 7.11 Å². The van der Waals surface area contributed by atoms with Gasteiger partial charge in [0.05, 0.1) is 10.0 Å². The summed E-state index contributed by atoms with van der Waals surface area (Å²) in [5, 5.41) is 0. The number of ether oxygens (including phenoxy) is 4. The molecule has 0 fully saturated rings. The second-order valence-corrected chi connectivity index (χ2v) is 4.69. The number of benzene rings is 1. The standard InChI is InChI=1S/C10H8Br2O5/c1-14-3-15-8-5(2-13)6(11)9-10(7(8)12)17-4-16-9/h2H,3-4H2,1H3. The lowest BCUT2D eigenvalue weighted by Crippen LogP contribution is -2.03. The minimum absolute atomic E-state index is 0.0333. The molecule has 17 heavy (non-hydrogen) atoms. The van der Waals surface area contributed by atoms with Crippen LogP contribution in [0.5, 0.6) is 17.2 Å². The summed E-state index contributed by atoms with van der Waals surface area (Å²) in [6.45, 7) is 0.143. The highest BCUT2D eigenvalue weighted by molar-refractivity contribution is 9.11. The average Bonchev–Trinajstić information content (AvgIpc) is 2.81. The highest BCUT2D eigenvalue weighted by atomic mass is 79.9. The van der Waals surface area contributed by atoms with Crippen LogP contribution in [0.25, 0.3) is 0 Å². The van der Waals surface area contributed by atoms with E-state index in [1.807, 2.05) is 0 Å². The number of carbonyl (C=O) groups is 1. The van der Waals surface area contributed by atoms with E-state index in [9.17, 15) is 4.79 Å². The Bertz CT molecular complexity index is 461. The van der Waals surface area contributed by atoms with Crippen molar-refractivity contribution in [3.05, 3.63) is 14.5 Å². The summed E-state index contributed by atoms with van der Waals surface area (Å²) in [5.74, 6) is 1.36. The summed E-state index contributed by atoms with van der Waals surface area (Å²) in [6.07, 6.45) is 0.682. The normalized spacial score (nSPS) is 12.6. The van der Waals surface area contributed by atoms with Gasteiger partial charge in [-0.25, -0.2) is 0 Å². The van der Waals surface area contributed by atoms with Crippen LogP contribution in [-0.2, 0) is 4.74 Å². The first-order valence-electron chi connectivity index (χ1n) is 4.58. The fourth-order valence-corrected chi connectivity index (χ4v) is 2.60. The lowest BCUT2D eigenvalue weighted by Gasteiger charge is -2.13. The van der Waals surface area contributed by atoms with E-state index in [2.05, 4.69) is 31.9 Å². The predicted octanol–water partition coefficient (Wildman–Crippen LogP) is 2.74. The number of aldehydes is 1. The third-order valence-electron chi connectivity index (χ3n) is 2.13. The van der Waals surface area contributed by atoms with Crippen molar-refractivity contribution in [2.45, 2.75) is 0 Å².